The number of guanidine groups is 1. The van der Waals surface area contributed by atoms with Gasteiger partial charge in [-0.1, -0.05) is 18.8 Å². The van der Waals surface area contributed by atoms with Gasteiger partial charge in [0.25, 0.3) is 0 Å². The van der Waals surface area contributed by atoms with E-state index in [4.69, 9.17) is 0 Å². The molecule has 1 aromatic carbocycles. The van der Waals surface area contributed by atoms with Crippen LogP contribution in [0.2, 0.25) is 0 Å². The van der Waals surface area contributed by atoms with Gasteiger partial charge < -0.3 is 10.6 Å². The first-order valence-electron chi connectivity index (χ1n) is 9.08. The van der Waals surface area contributed by atoms with Crippen molar-refractivity contribution in [2.75, 3.05) is 26.7 Å². The van der Waals surface area contributed by atoms with Crippen molar-refractivity contribution < 1.29 is 13.2 Å². The highest BCUT2D eigenvalue weighted by molar-refractivity contribution is 5.80. The molecule has 148 valence electrons. The lowest BCUT2D eigenvalue weighted by atomic mass is 10.1. The third kappa shape index (κ3) is 6.17. The zero-order valence-corrected chi connectivity index (χ0v) is 16.2. The van der Waals surface area contributed by atoms with Crippen LogP contribution in [0.5, 0.6) is 0 Å². The maximum absolute atomic E-state index is 12.5. The number of hydrogen-bond donors (Lipinski definition) is 2. The average Bonchev–Trinajstić information content (AvgIpc) is 2.98. The predicted octanol–water partition coefficient (Wildman–Crippen LogP) is 2.95. The minimum absolute atomic E-state index is 0.321. The number of nitrogens with one attached hydrogen (secondary N) is 2. The number of alkyl halides is 3. The van der Waals surface area contributed by atoms with Gasteiger partial charge in [0.15, 0.2) is 5.96 Å². The molecular formula is C20H27F3N4. The molecule has 27 heavy (non-hydrogen) atoms. The van der Waals surface area contributed by atoms with E-state index in [1.807, 2.05) is 0 Å². The van der Waals surface area contributed by atoms with Crippen molar-refractivity contribution in [1.82, 2.24) is 15.5 Å². The fourth-order valence-corrected chi connectivity index (χ4v) is 3.00. The fraction of sp³-hybridized carbons (Fsp3) is 0.550. The van der Waals surface area contributed by atoms with E-state index in [9.17, 15) is 13.2 Å². The van der Waals surface area contributed by atoms with Crippen LogP contribution in [-0.2, 0) is 6.18 Å². The molecule has 2 N–H and O–H groups in total. The van der Waals surface area contributed by atoms with Gasteiger partial charge in [0.05, 0.1) is 12.1 Å². The van der Waals surface area contributed by atoms with Gasteiger partial charge in [-0.05, 0) is 44.0 Å². The fourth-order valence-electron chi connectivity index (χ4n) is 3.00. The minimum atomic E-state index is -4.33. The minimum Gasteiger partial charge on any atom is -0.352 e. The van der Waals surface area contributed by atoms with E-state index in [0.29, 0.717) is 36.1 Å². The normalized spacial score (nSPS) is 21.1. The third-order valence-corrected chi connectivity index (χ3v) is 4.71. The van der Waals surface area contributed by atoms with Crippen LogP contribution in [0, 0.1) is 17.8 Å². The molecule has 0 saturated carbocycles. The lowest BCUT2D eigenvalue weighted by Crippen LogP contribution is -2.46. The lowest BCUT2D eigenvalue weighted by molar-refractivity contribution is -0.137. The molecule has 1 heterocycles. The van der Waals surface area contributed by atoms with Gasteiger partial charge in [-0.3, -0.25) is 9.89 Å². The Balaban J connectivity index is 1.84. The zero-order valence-electron chi connectivity index (χ0n) is 16.2. The highest BCUT2D eigenvalue weighted by Gasteiger charge is 2.31. The van der Waals surface area contributed by atoms with Crippen LogP contribution in [0.1, 0.15) is 31.9 Å². The second-order valence-electron chi connectivity index (χ2n) is 7.08. The van der Waals surface area contributed by atoms with Crippen molar-refractivity contribution in [1.29, 1.82) is 0 Å². The molecule has 7 heteroatoms. The molecule has 1 aliphatic heterocycles. The van der Waals surface area contributed by atoms with Crippen LogP contribution in [-0.4, -0.2) is 49.6 Å². The van der Waals surface area contributed by atoms with E-state index in [2.05, 4.69) is 53.1 Å². The molecule has 1 aromatic rings. The molecule has 1 fully saturated rings. The number of rotatable bonds is 3. The van der Waals surface area contributed by atoms with Crippen LogP contribution in [0.3, 0.4) is 0 Å². The van der Waals surface area contributed by atoms with Crippen molar-refractivity contribution in [2.24, 2.45) is 10.9 Å². The van der Waals surface area contributed by atoms with Crippen molar-refractivity contribution in [3.63, 3.8) is 0 Å². The smallest absolute Gasteiger partial charge is 0.352 e. The van der Waals surface area contributed by atoms with Gasteiger partial charge in [-0.25, -0.2) is 0 Å². The van der Waals surface area contributed by atoms with Gasteiger partial charge in [0.2, 0.25) is 0 Å². The van der Waals surface area contributed by atoms with Crippen LogP contribution in [0.15, 0.2) is 29.3 Å². The molecule has 2 rings (SSSR count). The lowest BCUT2D eigenvalue weighted by Gasteiger charge is -2.21. The summed E-state index contributed by atoms with van der Waals surface area (Å²) in [5.41, 5.74) is -0.123. The monoisotopic (exact) mass is 380 g/mol. The maximum atomic E-state index is 12.5. The third-order valence-electron chi connectivity index (χ3n) is 4.71. The first kappa shape index (κ1) is 21.1. The van der Waals surface area contributed by atoms with E-state index in [1.54, 1.807) is 7.05 Å². The quantitative estimate of drug-likeness (QED) is 0.481. The van der Waals surface area contributed by atoms with E-state index in [1.165, 1.54) is 12.1 Å². The van der Waals surface area contributed by atoms with Crippen LogP contribution in [0.4, 0.5) is 13.2 Å². The van der Waals surface area contributed by atoms with Gasteiger partial charge >= 0.3 is 6.18 Å². The van der Waals surface area contributed by atoms with E-state index in [0.717, 1.165) is 25.2 Å². The first-order chi connectivity index (χ1) is 12.7. The molecule has 0 amide bonds. The SMILES string of the molecule is CN=C(NCC#Cc1ccc(C(F)(F)F)cc1)NC1CN(C(C)C)CC1C. The summed E-state index contributed by atoms with van der Waals surface area (Å²) >= 11 is 0. The Hall–Kier alpha value is -2.20. The first-order valence-corrected chi connectivity index (χ1v) is 9.08. The highest BCUT2D eigenvalue weighted by atomic mass is 19.4. The Labute approximate surface area is 159 Å². The van der Waals surface area contributed by atoms with E-state index in [-0.39, 0.29) is 0 Å². The van der Waals surface area contributed by atoms with Gasteiger partial charge in [0.1, 0.15) is 0 Å². The molecule has 1 aliphatic rings. The summed E-state index contributed by atoms with van der Waals surface area (Å²) in [6, 6.07) is 5.68. The largest absolute Gasteiger partial charge is 0.416 e. The topological polar surface area (TPSA) is 39.7 Å². The summed E-state index contributed by atoms with van der Waals surface area (Å²) < 4.78 is 37.6. The maximum Gasteiger partial charge on any atom is 0.416 e. The van der Waals surface area contributed by atoms with Crippen LogP contribution < -0.4 is 10.6 Å². The Kier molecular flexibility index (Phi) is 7.14. The van der Waals surface area contributed by atoms with Crippen LogP contribution in [0.25, 0.3) is 0 Å². The van der Waals surface area contributed by atoms with Gasteiger partial charge in [0, 0.05) is 37.8 Å². The number of aliphatic imine (C=N–C) groups is 1. The summed E-state index contributed by atoms with van der Waals surface area (Å²) in [6.45, 7) is 8.99. The zero-order chi connectivity index (χ0) is 20.0. The number of benzene rings is 1. The Morgan fingerprint density at radius 2 is 1.93 bits per heavy atom. The van der Waals surface area contributed by atoms with Crippen molar-refractivity contribution in [3.05, 3.63) is 35.4 Å². The second-order valence-corrected chi connectivity index (χ2v) is 7.08. The van der Waals surface area contributed by atoms with Crippen molar-refractivity contribution in [3.8, 4) is 11.8 Å². The molecule has 0 spiro atoms. The molecule has 1 saturated heterocycles. The molecule has 2 atom stereocenters. The number of halogens is 3. The summed E-state index contributed by atoms with van der Waals surface area (Å²) in [4.78, 5) is 6.65. The van der Waals surface area contributed by atoms with Crippen molar-refractivity contribution >= 4 is 5.96 Å². The number of nitrogens with zero attached hydrogens (tertiary/aromatic N) is 2. The molecular weight excluding hydrogens is 353 g/mol. The van der Waals surface area contributed by atoms with Gasteiger partial charge in [-0.2, -0.15) is 13.2 Å². The van der Waals surface area contributed by atoms with Gasteiger partial charge in [-0.15, -0.1) is 0 Å². The summed E-state index contributed by atoms with van der Waals surface area (Å²) in [5, 5.41) is 6.56. The average molecular weight is 380 g/mol. The van der Waals surface area contributed by atoms with Crippen molar-refractivity contribution in [2.45, 2.75) is 39.0 Å². The summed E-state index contributed by atoms with van der Waals surface area (Å²) in [5.74, 6) is 6.97. The van der Waals surface area contributed by atoms with E-state index >= 15 is 0 Å². The van der Waals surface area contributed by atoms with Crippen LogP contribution >= 0.6 is 0 Å². The molecule has 0 aliphatic carbocycles. The Bertz CT molecular complexity index is 699. The predicted molar refractivity (Wildman–Crippen MR) is 102 cm³/mol. The molecule has 0 bridgehead atoms. The standard InChI is InChI=1S/C20H27F3N4/c1-14(2)27-12-15(3)18(13-27)26-19(24-4)25-11-5-6-16-7-9-17(10-8-16)20(21,22)23/h7-10,14-15,18H,11-13H2,1-4H3,(H2,24,25,26). The highest BCUT2D eigenvalue weighted by Crippen LogP contribution is 2.28. The second kappa shape index (κ2) is 9.14. The van der Waals surface area contributed by atoms with E-state index < -0.39 is 11.7 Å². The number of hydrogen-bond acceptors (Lipinski definition) is 2. The molecule has 0 aromatic heterocycles. The number of likely N-dealkylation sites (tertiary alicyclic amines) is 1. The summed E-state index contributed by atoms with van der Waals surface area (Å²) in [6.07, 6.45) is -4.33. The molecule has 2 unspecified atom stereocenters. The Morgan fingerprint density at radius 1 is 1.26 bits per heavy atom. The molecule has 0 radical (unpaired) electrons. The molecule has 4 nitrogen and oxygen atoms in total. The summed E-state index contributed by atoms with van der Waals surface area (Å²) in [7, 11) is 1.71. The Morgan fingerprint density at radius 3 is 2.44 bits per heavy atom.